The topological polar surface area (TPSA) is 79.1 Å². The number of para-hydroxylation sites is 1. The molecule has 130 valence electrons. The van der Waals surface area contributed by atoms with Gasteiger partial charge in [-0.15, -0.1) is 0 Å². The molecular weight excluding hydrogens is 308 g/mol. The van der Waals surface area contributed by atoms with Crippen molar-refractivity contribution < 1.29 is 14.3 Å². The largest absolute Gasteiger partial charge is 0.398 e. The minimum atomic E-state index is -0.0617. The number of rotatable bonds is 3. The number of nitrogens with two attached hydrogens (primary N) is 1. The number of nitrogens with zero attached hydrogens (tertiary/aromatic N) is 3. The van der Waals surface area contributed by atoms with Crippen LogP contribution in [0.2, 0.25) is 0 Å². The number of anilines is 1. The van der Waals surface area contributed by atoms with Gasteiger partial charge in [-0.2, -0.15) is 0 Å². The molecule has 2 amide bonds. The Kier molecular flexibility index (Phi) is 5.32. The Labute approximate surface area is 141 Å². The summed E-state index contributed by atoms with van der Waals surface area (Å²) in [4.78, 5) is 30.6. The summed E-state index contributed by atoms with van der Waals surface area (Å²) in [5.41, 5.74) is 6.91. The molecule has 2 heterocycles. The van der Waals surface area contributed by atoms with E-state index in [4.69, 9.17) is 10.5 Å². The molecule has 2 aliphatic rings. The number of hydrogen-bond donors (Lipinski definition) is 1. The average molecular weight is 332 g/mol. The predicted octanol–water partition coefficient (Wildman–Crippen LogP) is -0.115. The average Bonchev–Trinajstić information content (AvgIpc) is 2.62. The number of hydrogen-bond acceptors (Lipinski definition) is 5. The van der Waals surface area contributed by atoms with E-state index in [2.05, 4.69) is 4.90 Å². The lowest BCUT2D eigenvalue weighted by atomic mass is 10.1. The van der Waals surface area contributed by atoms with E-state index in [0.29, 0.717) is 57.2 Å². The maximum atomic E-state index is 12.5. The van der Waals surface area contributed by atoms with Crippen LogP contribution in [-0.2, 0) is 9.53 Å². The van der Waals surface area contributed by atoms with Crippen LogP contribution in [0.1, 0.15) is 10.4 Å². The van der Waals surface area contributed by atoms with E-state index in [1.54, 1.807) is 17.0 Å². The van der Waals surface area contributed by atoms with Gasteiger partial charge in [0, 0.05) is 45.0 Å². The zero-order valence-electron chi connectivity index (χ0n) is 13.8. The molecule has 0 saturated carbocycles. The van der Waals surface area contributed by atoms with E-state index < -0.39 is 0 Å². The predicted molar refractivity (Wildman–Crippen MR) is 90.6 cm³/mol. The monoisotopic (exact) mass is 332 g/mol. The number of carbonyl (C=O) groups excluding carboxylic acids is 2. The normalized spacial score (nSPS) is 19.3. The lowest BCUT2D eigenvalue weighted by molar-refractivity contribution is -0.134. The number of piperazine rings is 1. The van der Waals surface area contributed by atoms with Crippen LogP contribution in [0.5, 0.6) is 0 Å². The molecule has 2 N–H and O–H groups in total. The minimum absolute atomic E-state index is 0.0617. The minimum Gasteiger partial charge on any atom is -0.398 e. The number of carbonyl (C=O) groups is 2. The summed E-state index contributed by atoms with van der Waals surface area (Å²) >= 11 is 0. The molecule has 0 aliphatic carbocycles. The third-order valence-corrected chi connectivity index (χ3v) is 4.57. The van der Waals surface area contributed by atoms with Gasteiger partial charge in [-0.1, -0.05) is 12.1 Å². The summed E-state index contributed by atoms with van der Waals surface area (Å²) in [5.74, 6) is 0.0663. The molecule has 2 fully saturated rings. The Morgan fingerprint density at radius 2 is 1.58 bits per heavy atom. The zero-order valence-corrected chi connectivity index (χ0v) is 13.8. The Bertz CT molecular complexity index is 593. The van der Waals surface area contributed by atoms with Crippen LogP contribution < -0.4 is 5.73 Å². The van der Waals surface area contributed by atoms with E-state index in [1.165, 1.54) is 0 Å². The molecular formula is C17H24N4O3. The second kappa shape index (κ2) is 7.63. The van der Waals surface area contributed by atoms with Gasteiger partial charge >= 0.3 is 0 Å². The van der Waals surface area contributed by atoms with Crippen LogP contribution in [0.4, 0.5) is 5.69 Å². The summed E-state index contributed by atoms with van der Waals surface area (Å²) in [6.07, 6.45) is 0. The smallest absolute Gasteiger partial charge is 0.256 e. The fourth-order valence-corrected chi connectivity index (χ4v) is 3.07. The lowest BCUT2D eigenvalue weighted by Crippen LogP contribution is -2.53. The lowest BCUT2D eigenvalue weighted by Gasteiger charge is -2.36. The highest BCUT2D eigenvalue weighted by Gasteiger charge is 2.26. The van der Waals surface area contributed by atoms with Crippen molar-refractivity contribution >= 4 is 17.5 Å². The molecule has 2 aliphatic heterocycles. The van der Waals surface area contributed by atoms with E-state index in [-0.39, 0.29) is 11.8 Å². The Morgan fingerprint density at radius 3 is 2.25 bits per heavy atom. The summed E-state index contributed by atoms with van der Waals surface area (Å²) in [7, 11) is 0. The van der Waals surface area contributed by atoms with Gasteiger partial charge in [0.2, 0.25) is 5.91 Å². The van der Waals surface area contributed by atoms with Crippen molar-refractivity contribution in [1.29, 1.82) is 0 Å². The molecule has 1 aromatic carbocycles. The summed E-state index contributed by atoms with van der Waals surface area (Å²) in [6.45, 7) is 5.65. The molecule has 0 spiro atoms. The highest BCUT2D eigenvalue weighted by Crippen LogP contribution is 2.15. The summed E-state index contributed by atoms with van der Waals surface area (Å²) < 4.78 is 5.30. The first-order valence-electron chi connectivity index (χ1n) is 8.37. The molecule has 2 saturated heterocycles. The first-order valence-corrected chi connectivity index (χ1v) is 8.37. The van der Waals surface area contributed by atoms with Crippen molar-refractivity contribution in [2.75, 3.05) is 64.8 Å². The first-order chi connectivity index (χ1) is 11.6. The standard InChI is InChI=1S/C17H24N4O3/c18-15-4-2-1-3-14(15)17(23)21-7-5-20(6-8-21)16(22)13-19-9-11-24-12-10-19/h1-4H,5-13,18H2. The fraction of sp³-hybridized carbons (Fsp3) is 0.529. The van der Waals surface area contributed by atoms with E-state index >= 15 is 0 Å². The summed E-state index contributed by atoms with van der Waals surface area (Å²) in [5, 5.41) is 0. The fourth-order valence-electron chi connectivity index (χ4n) is 3.07. The molecule has 24 heavy (non-hydrogen) atoms. The third-order valence-electron chi connectivity index (χ3n) is 4.57. The van der Waals surface area contributed by atoms with E-state index in [9.17, 15) is 9.59 Å². The number of morpholine rings is 1. The molecule has 0 radical (unpaired) electrons. The second-order valence-electron chi connectivity index (χ2n) is 6.15. The third kappa shape index (κ3) is 3.85. The van der Waals surface area contributed by atoms with Crippen molar-refractivity contribution in [3.05, 3.63) is 29.8 Å². The van der Waals surface area contributed by atoms with Crippen molar-refractivity contribution in [2.24, 2.45) is 0 Å². The van der Waals surface area contributed by atoms with Gasteiger partial charge < -0.3 is 20.3 Å². The van der Waals surface area contributed by atoms with Gasteiger partial charge in [-0.3, -0.25) is 14.5 Å². The number of ether oxygens (including phenoxy) is 1. The highest BCUT2D eigenvalue weighted by molar-refractivity contribution is 5.99. The first kappa shape index (κ1) is 16.7. The number of amides is 2. The maximum Gasteiger partial charge on any atom is 0.256 e. The molecule has 3 rings (SSSR count). The Morgan fingerprint density at radius 1 is 0.958 bits per heavy atom. The van der Waals surface area contributed by atoms with Crippen LogP contribution in [-0.4, -0.2) is 85.5 Å². The molecule has 0 atom stereocenters. The SMILES string of the molecule is Nc1ccccc1C(=O)N1CCN(C(=O)CN2CCOCC2)CC1. The molecule has 7 nitrogen and oxygen atoms in total. The quantitative estimate of drug-likeness (QED) is 0.781. The van der Waals surface area contributed by atoms with Gasteiger partial charge in [0.15, 0.2) is 0 Å². The number of benzene rings is 1. The van der Waals surface area contributed by atoms with Crippen LogP contribution >= 0.6 is 0 Å². The Hall–Kier alpha value is -2.12. The highest BCUT2D eigenvalue weighted by atomic mass is 16.5. The Balaban J connectivity index is 1.51. The molecule has 0 unspecified atom stereocenters. The van der Waals surface area contributed by atoms with Gasteiger partial charge in [-0.25, -0.2) is 0 Å². The van der Waals surface area contributed by atoms with Crippen LogP contribution in [0.15, 0.2) is 24.3 Å². The van der Waals surface area contributed by atoms with Gasteiger partial charge in [0.1, 0.15) is 0 Å². The van der Waals surface area contributed by atoms with Crippen molar-refractivity contribution in [3.63, 3.8) is 0 Å². The van der Waals surface area contributed by atoms with Gasteiger partial charge in [-0.05, 0) is 12.1 Å². The molecule has 7 heteroatoms. The van der Waals surface area contributed by atoms with Gasteiger partial charge in [0.05, 0.1) is 25.3 Å². The zero-order chi connectivity index (χ0) is 16.9. The van der Waals surface area contributed by atoms with Gasteiger partial charge in [0.25, 0.3) is 5.91 Å². The van der Waals surface area contributed by atoms with Crippen molar-refractivity contribution in [3.8, 4) is 0 Å². The van der Waals surface area contributed by atoms with Crippen LogP contribution in [0.25, 0.3) is 0 Å². The number of nitrogen functional groups attached to an aromatic ring is 1. The van der Waals surface area contributed by atoms with Crippen LogP contribution in [0, 0.1) is 0 Å². The maximum absolute atomic E-state index is 12.5. The van der Waals surface area contributed by atoms with Crippen molar-refractivity contribution in [2.45, 2.75) is 0 Å². The van der Waals surface area contributed by atoms with Crippen LogP contribution in [0.3, 0.4) is 0 Å². The van der Waals surface area contributed by atoms with E-state index in [1.807, 2.05) is 17.0 Å². The second-order valence-corrected chi connectivity index (χ2v) is 6.15. The van der Waals surface area contributed by atoms with E-state index in [0.717, 1.165) is 13.1 Å². The van der Waals surface area contributed by atoms with Crippen molar-refractivity contribution in [1.82, 2.24) is 14.7 Å². The molecule has 1 aromatic rings. The molecule has 0 aromatic heterocycles. The molecule has 0 bridgehead atoms. The summed E-state index contributed by atoms with van der Waals surface area (Å²) in [6, 6.07) is 7.10.